The third-order valence-corrected chi connectivity index (χ3v) is 6.07. The van der Waals surface area contributed by atoms with Crippen LogP contribution in [0.25, 0.3) is 5.69 Å². The third kappa shape index (κ3) is 5.59. The molecule has 0 bridgehead atoms. The lowest BCUT2D eigenvalue weighted by atomic mass is 10.1. The number of aryl methyl sites for hydroxylation is 1. The highest BCUT2D eigenvalue weighted by Gasteiger charge is 2.32. The lowest BCUT2D eigenvalue weighted by Crippen LogP contribution is -2.34. The highest BCUT2D eigenvalue weighted by atomic mass is 16.5. The Morgan fingerprint density at radius 1 is 1.06 bits per heavy atom. The molecule has 4 rings (SSSR count). The van der Waals surface area contributed by atoms with Crippen LogP contribution in [0.4, 0.5) is 0 Å². The van der Waals surface area contributed by atoms with Crippen LogP contribution >= 0.6 is 0 Å². The maximum Gasteiger partial charge on any atom is 0.227 e. The summed E-state index contributed by atoms with van der Waals surface area (Å²) in [4.78, 5) is 2.43. The molecule has 0 aliphatic heterocycles. The summed E-state index contributed by atoms with van der Waals surface area (Å²) in [6.45, 7) is 5.76. The van der Waals surface area contributed by atoms with Crippen molar-refractivity contribution in [2.75, 3.05) is 6.54 Å². The topological polar surface area (TPSA) is 50.5 Å². The van der Waals surface area contributed by atoms with Crippen molar-refractivity contribution in [2.24, 2.45) is 0 Å². The van der Waals surface area contributed by atoms with Crippen molar-refractivity contribution in [2.45, 2.75) is 71.1 Å². The summed E-state index contributed by atoms with van der Waals surface area (Å²) in [5.74, 6) is 1.57. The summed E-state index contributed by atoms with van der Waals surface area (Å²) >= 11 is 0. The molecule has 1 aromatic heterocycles. The van der Waals surface area contributed by atoms with E-state index in [0.717, 1.165) is 60.8 Å². The summed E-state index contributed by atoms with van der Waals surface area (Å²) in [6.07, 6.45) is 5.97. The zero-order chi connectivity index (χ0) is 22.3. The fraction of sp³-hybridized carbons (Fsp3) is 0.444. The summed E-state index contributed by atoms with van der Waals surface area (Å²) in [5.41, 5.74) is 3.16. The van der Waals surface area contributed by atoms with Gasteiger partial charge in [-0.2, -0.15) is 5.10 Å². The Morgan fingerprint density at radius 2 is 1.75 bits per heavy atom. The van der Waals surface area contributed by atoms with Crippen LogP contribution in [0.1, 0.15) is 57.2 Å². The lowest BCUT2D eigenvalue weighted by Gasteiger charge is -2.25. The highest BCUT2D eigenvalue weighted by Crippen LogP contribution is 2.35. The van der Waals surface area contributed by atoms with Gasteiger partial charge in [0.15, 0.2) is 0 Å². The van der Waals surface area contributed by atoms with E-state index in [2.05, 4.69) is 30.9 Å². The second-order valence-corrected chi connectivity index (χ2v) is 8.70. The number of aliphatic hydroxyl groups excluding tert-OH is 1. The highest BCUT2D eigenvalue weighted by molar-refractivity contribution is 5.43. The van der Waals surface area contributed by atoms with E-state index in [1.165, 1.54) is 12.8 Å². The molecule has 32 heavy (non-hydrogen) atoms. The van der Waals surface area contributed by atoms with Crippen LogP contribution in [-0.2, 0) is 13.0 Å². The van der Waals surface area contributed by atoms with Gasteiger partial charge in [0, 0.05) is 19.1 Å². The first kappa shape index (κ1) is 22.6. The van der Waals surface area contributed by atoms with Gasteiger partial charge in [0.25, 0.3) is 0 Å². The van der Waals surface area contributed by atoms with E-state index in [1.54, 1.807) is 0 Å². The molecule has 1 aliphatic carbocycles. The molecule has 1 heterocycles. The quantitative estimate of drug-likeness (QED) is 0.396. The minimum absolute atomic E-state index is 0.289. The first-order valence-corrected chi connectivity index (χ1v) is 12.0. The molecule has 0 unspecified atom stereocenters. The van der Waals surface area contributed by atoms with Crippen molar-refractivity contribution in [3.05, 3.63) is 71.9 Å². The fourth-order valence-corrected chi connectivity index (χ4v) is 4.16. The van der Waals surface area contributed by atoms with Crippen molar-refractivity contribution < 1.29 is 9.84 Å². The number of para-hydroxylation sites is 2. The van der Waals surface area contributed by atoms with Crippen LogP contribution < -0.4 is 4.74 Å². The maximum atomic E-state index is 10.6. The Balaban J connectivity index is 1.68. The van der Waals surface area contributed by atoms with Gasteiger partial charge in [-0.05, 0) is 49.9 Å². The second kappa shape index (κ2) is 10.8. The fourth-order valence-electron chi connectivity index (χ4n) is 4.16. The Labute approximate surface area is 191 Å². The monoisotopic (exact) mass is 433 g/mol. The SMILES string of the molecule is CCCC[C@@H](O)CN(Cc1c(CC)nn(-c2ccccc2)c1Oc1ccccc1)C1CC1. The van der Waals surface area contributed by atoms with E-state index in [-0.39, 0.29) is 6.10 Å². The van der Waals surface area contributed by atoms with Crippen LogP contribution in [0, 0.1) is 0 Å². The normalized spacial score (nSPS) is 14.6. The Kier molecular flexibility index (Phi) is 7.61. The van der Waals surface area contributed by atoms with Crippen LogP contribution in [0.2, 0.25) is 0 Å². The molecule has 2 aromatic carbocycles. The van der Waals surface area contributed by atoms with E-state index in [4.69, 9.17) is 9.84 Å². The molecule has 3 aromatic rings. The summed E-state index contributed by atoms with van der Waals surface area (Å²) in [7, 11) is 0. The van der Waals surface area contributed by atoms with Gasteiger partial charge >= 0.3 is 0 Å². The Hall–Kier alpha value is -2.63. The summed E-state index contributed by atoms with van der Waals surface area (Å²) < 4.78 is 8.39. The molecule has 170 valence electrons. The van der Waals surface area contributed by atoms with Gasteiger partial charge in [-0.25, -0.2) is 4.68 Å². The zero-order valence-electron chi connectivity index (χ0n) is 19.3. The largest absolute Gasteiger partial charge is 0.439 e. The summed E-state index contributed by atoms with van der Waals surface area (Å²) in [5, 5.41) is 15.6. The third-order valence-electron chi connectivity index (χ3n) is 6.07. The molecule has 1 N–H and O–H groups in total. The molecule has 1 fully saturated rings. The van der Waals surface area contributed by atoms with Gasteiger partial charge in [0.2, 0.25) is 5.88 Å². The molecule has 0 radical (unpaired) electrons. The first-order chi connectivity index (χ1) is 15.7. The van der Waals surface area contributed by atoms with E-state index >= 15 is 0 Å². The van der Waals surface area contributed by atoms with Crippen LogP contribution in [0.5, 0.6) is 11.6 Å². The Morgan fingerprint density at radius 3 is 2.38 bits per heavy atom. The lowest BCUT2D eigenvalue weighted by molar-refractivity contribution is 0.0949. The van der Waals surface area contributed by atoms with Crippen LogP contribution in [-0.4, -0.2) is 38.5 Å². The van der Waals surface area contributed by atoms with E-state index in [1.807, 2.05) is 53.2 Å². The van der Waals surface area contributed by atoms with Crippen LogP contribution in [0.15, 0.2) is 60.7 Å². The van der Waals surface area contributed by atoms with E-state index in [0.29, 0.717) is 12.6 Å². The van der Waals surface area contributed by atoms with E-state index < -0.39 is 0 Å². The van der Waals surface area contributed by atoms with Crippen molar-refractivity contribution in [1.82, 2.24) is 14.7 Å². The first-order valence-electron chi connectivity index (χ1n) is 12.0. The number of ether oxygens (including phenoxy) is 1. The van der Waals surface area contributed by atoms with Gasteiger partial charge in [-0.3, -0.25) is 4.90 Å². The van der Waals surface area contributed by atoms with Crippen LogP contribution in [0.3, 0.4) is 0 Å². The molecule has 0 spiro atoms. The average Bonchev–Trinajstić information content (AvgIpc) is 3.62. The number of hydrogen-bond acceptors (Lipinski definition) is 4. The van der Waals surface area contributed by atoms with Gasteiger partial charge in [-0.15, -0.1) is 0 Å². The number of rotatable bonds is 12. The number of hydrogen-bond donors (Lipinski definition) is 1. The number of unbranched alkanes of at least 4 members (excludes halogenated alkanes) is 1. The molecule has 0 amide bonds. The zero-order valence-corrected chi connectivity index (χ0v) is 19.3. The van der Waals surface area contributed by atoms with Gasteiger partial charge < -0.3 is 9.84 Å². The molecular formula is C27H35N3O2. The Bertz CT molecular complexity index is 967. The smallest absolute Gasteiger partial charge is 0.227 e. The number of aromatic nitrogens is 2. The molecule has 5 nitrogen and oxygen atoms in total. The van der Waals surface area contributed by atoms with Gasteiger partial charge in [-0.1, -0.05) is 63.1 Å². The van der Waals surface area contributed by atoms with Crippen molar-refractivity contribution in [3.63, 3.8) is 0 Å². The summed E-state index contributed by atoms with van der Waals surface area (Å²) in [6, 6.07) is 20.6. The van der Waals surface area contributed by atoms with E-state index in [9.17, 15) is 5.11 Å². The van der Waals surface area contributed by atoms with Crippen molar-refractivity contribution in [1.29, 1.82) is 0 Å². The van der Waals surface area contributed by atoms with Crippen molar-refractivity contribution in [3.8, 4) is 17.3 Å². The molecule has 0 saturated heterocycles. The molecule has 1 saturated carbocycles. The minimum atomic E-state index is -0.289. The van der Waals surface area contributed by atoms with Gasteiger partial charge in [0.05, 0.1) is 23.0 Å². The second-order valence-electron chi connectivity index (χ2n) is 8.70. The number of aliphatic hydroxyl groups is 1. The average molecular weight is 434 g/mol. The molecule has 1 aliphatic rings. The number of nitrogens with zero attached hydrogens (tertiary/aromatic N) is 3. The van der Waals surface area contributed by atoms with Crippen molar-refractivity contribution >= 4 is 0 Å². The minimum Gasteiger partial charge on any atom is -0.439 e. The molecule has 1 atom stereocenters. The standard InChI is InChI=1S/C27H35N3O2/c1-3-5-14-23(31)19-29(21-17-18-21)20-25-26(4-2)28-30(22-12-8-6-9-13-22)27(25)32-24-15-10-7-11-16-24/h6-13,15-16,21,23,31H,3-5,14,17-20H2,1-2H3/t23-/m1/s1. The molecular weight excluding hydrogens is 398 g/mol. The maximum absolute atomic E-state index is 10.6. The molecule has 5 heteroatoms. The predicted octanol–water partition coefficient (Wildman–Crippen LogP) is 5.74. The number of benzene rings is 2. The predicted molar refractivity (Wildman–Crippen MR) is 128 cm³/mol. The van der Waals surface area contributed by atoms with Gasteiger partial charge in [0.1, 0.15) is 5.75 Å².